The lowest BCUT2D eigenvalue weighted by Crippen LogP contribution is -2.37. The third-order valence-corrected chi connectivity index (χ3v) is 8.87. The Kier molecular flexibility index (Phi) is 13.5. The smallest absolute Gasteiger partial charge is 0.303 e. The highest BCUT2D eigenvalue weighted by Gasteiger charge is 2.34. The molecule has 1 aliphatic rings. The van der Waals surface area contributed by atoms with Crippen molar-refractivity contribution in [3.05, 3.63) is 22.3 Å². The van der Waals surface area contributed by atoms with Crippen molar-refractivity contribution in [1.29, 1.82) is 0 Å². The van der Waals surface area contributed by atoms with Crippen LogP contribution in [0.5, 0.6) is 11.5 Å². The van der Waals surface area contributed by atoms with Crippen molar-refractivity contribution in [2.75, 3.05) is 6.61 Å². The summed E-state index contributed by atoms with van der Waals surface area (Å²) in [5.74, 6) is 3.79. The molecule has 0 aliphatic carbocycles. The van der Waals surface area contributed by atoms with Gasteiger partial charge in [-0.25, -0.2) is 0 Å². The zero-order valence-corrected chi connectivity index (χ0v) is 26.0. The van der Waals surface area contributed by atoms with Gasteiger partial charge in [-0.1, -0.05) is 72.6 Å². The maximum Gasteiger partial charge on any atom is 0.303 e. The van der Waals surface area contributed by atoms with Gasteiger partial charge in [0.1, 0.15) is 17.1 Å². The topological polar surface area (TPSA) is 55.8 Å². The summed E-state index contributed by atoms with van der Waals surface area (Å²) in [6, 6.07) is 0. The molecule has 1 aromatic carbocycles. The zero-order valence-electron chi connectivity index (χ0n) is 26.0. The van der Waals surface area contributed by atoms with Crippen LogP contribution in [0.25, 0.3) is 0 Å². The molecule has 38 heavy (non-hydrogen) atoms. The number of hydrogen-bond donors (Lipinski definition) is 1. The van der Waals surface area contributed by atoms with Crippen molar-refractivity contribution >= 4 is 5.97 Å². The first-order valence-corrected chi connectivity index (χ1v) is 15.6. The fraction of sp³-hybridized carbons (Fsp3) is 0.794. The van der Waals surface area contributed by atoms with Gasteiger partial charge in [0.05, 0.1) is 6.61 Å². The summed E-state index contributed by atoms with van der Waals surface area (Å²) in [6.07, 6.45) is 15.6. The first-order chi connectivity index (χ1) is 17.9. The van der Waals surface area contributed by atoms with Gasteiger partial charge in [0.25, 0.3) is 0 Å². The molecular weight excluding hydrogens is 472 g/mol. The normalized spacial score (nSPS) is 18.7. The number of carboxylic acid groups (broad SMARTS) is 1. The van der Waals surface area contributed by atoms with Crippen LogP contribution in [-0.2, 0) is 11.2 Å². The minimum atomic E-state index is -0.742. The highest BCUT2D eigenvalue weighted by molar-refractivity contribution is 5.66. The van der Waals surface area contributed by atoms with Gasteiger partial charge in [-0.2, -0.15) is 0 Å². The van der Waals surface area contributed by atoms with E-state index >= 15 is 0 Å². The van der Waals surface area contributed by atoms with E-state index in [2.05, 4.69) is 55.4 Å². The lowest BCUT2D eigenvalue weighted by atomic mass is 9.83. The van der Waals surface area contributed by atoms with E-state index in [9.17, 15) is 4.79 Å². The lowest BCUT2D eigenvalue weighted by molar-refractivity contribution is -0.137. The van der Waals surface area contributed by atoms with E-state index in [1.165, 1.54) is 68.1 Å². The third-order valence-electron chi connectivity index (χ3n) is 8.87. The summed E-state index contributed by atoms with van der Waals surface area (Å²) in [6.45, 7) is 18.8. The van der Waals surface area contributed by atoms with Crippen LogP contribution >= 0.6 is 0 Å². The van der Waals surface area contributed by atoms with E-state index in [-0.39, 0.29) is 12.0 Å². The molecule has 218 valence electrons. The van der Waals surface area contributed by atoms with Gasteiger partial charge in [0, 0.05) is 12.0 Å². The molecule has 4 nitrogen and oxygen atoms in total. The molecule has 0 saturated heterocycles. The molecule has 0 saturated carbocycles. The largest absolute Gasteiger partial charge is 0.493 e. The number of carbonyl (C=O) groups is 1. The average molecular weight is 531 g/mol. The second-order valence-corrected chi connectivity index (χ2v) is 13.1. The van der Waals surface area contributed by atoms with Crippen molar-refractivity contribution < 1.29 is 19.4 Å². The highest BCUT2D eigenvalue weighted by Crippen LogP contribution is 2.45. The van der Waals surface area contributed by atoms with Crippen LogP contribution in [0.3, 0.4) is 0 Å². The van der Waals surface area contributed by atoms with Gasteiger partial charge in [0.15, 0.2) is 0 Å². The number of rotatable bonds is 18. The fourth-order valence-corrected chi connectivity index (χ4v) is 6.03. The Labute approximate surface area is 234 Å². The number of unbranched alkanes of at least 4 members (excludes halogenated alkanes) is 1. The molecule has 0 aromatic heterocycles. The number of hydrogen-bond acceptors (Lipinski definition) is 3. The Morgan fingerprint density at radius 3 is 2.08 bits per heavy atom. The van der Waals surface area contributed by atoms with E-state index in [4.69, 9.17) is 14.6 Å². The summed E-state index contributed by atoms with van der Waals surface area (Å²) in [5, 5.41) is 8.84. The van der Waals surface area contributed by atoms with Crippen LogP contribution in [0, 0.1) is 38.5 Å². The number of aliphatic carboxylic acids is 1. The van der Waals surface area contributed by atoms with Crippen molar-refractivity contribution in [3.8, 4) is 11.5 Å². The van der Waals surface area contributed by atoms with Gasteiger partial charge in [-0.15, -0.1) is 0 Å². The van der Waals surface area contributed by atoms with Crippen molar-refractivity contribution in [1.82, 2.24) is 0 Å². The molecule has 1 N–H and O–H groups in total. The molecule has 1 heterocycles. The Hall–Kier alpha value is -1.71. The van der Waals surface area contributed by atoms with Gasteiger partial charge in [-0.05, 0) is 101 Å². The molecule has 1 aromatic rings. The highest BCUT2D eigenvalue weighted by atomic mass is 16.5. The van der Waals surface area contributed by atoms with E-state index in [1.807, 2.05) is 0 Å². The molecule has 0 spiro atoms. The van der Waals surface area contributed by atoms with E-state index in [0.717, 1.165) is 60.5 Å². The van der Waals surface area contributed by atoms with Crippen molar-refractivity contribution in [3.63, 3.8) is 0 Å². The van der Waals surface area contributed by atoms with Crippen molar-refractivity contribution in [2.45, 2.75) is 151 Å². The summed E-state index contributed by atoms with van der Waals surface area (Å²) >= 11 is 0. The van der Waals surface area contributed by atoms with Crippen molar-refractivity contribution in [2.24, 2.45) is 17.8 Å². The van der Waals surface area contributed by atoms with E-state index in [0.29, 0.717) is 13.0 Å². The molecule has 0 bridgehead atoms. The number of benzene rings is 1. The maximum absolute atomic E-state index is 10.8. The van der Waals surface area contributed by atoms with E-state index in [1.54, 1.807) is 0 Å². The zero-order chi connectivity index (χ0) is 28.3. The lowest BCUT2D eigenvalue weighted by Gasteiger charge is -2.38. The Morgan fingerprint density at radius 1 is 0.868 bits per heavy atom. The molecule has 0 fully saturated rings. The third kappa shape index (κ3) is 10.5. The minimum Gasteiger partial charge on any atom is -0.493 e. The summed E-state index contributed by atoms with van der Waals surface area (Å²) in [7, 11) is 0. The van der Waals surface area contributed by atoms with Gasteiger partial charge < -0.3 is 14.6 Å². The molecule has 0 radical (unpaired) electrons. The van der Waals surface area contributed by atoms with Crippen LogP contribution in [-0.4, -0.2) is 23.3 Å². The predicted molar refractivity (Wildman–Crippen MR) is 160 cm³/mol. The monoisotopic (exact) mass is 530 g/mol. The van der Waals surface area contributed by atoms with Crippen LogP contribution < -0.4 is 9.47 Å². The molecule has 3 atom stereocenters. The first-order valence-electron chi connectivity index (χ1n) is 15.6. The SMILES string of the molecule is Cc1c(C)c2c(c(C)c1OCCCCC(=O)O)CC[C@@](C)(CCCC(C)CCCC(C)CCCC(C)C)O2. The molecular formula is C34H58O4. The first kappa shape index (κ1) is 32.5. The fourth-order valence-electron chi connectivity index (χ4n) is 6.03. The number of ether oxygens (including phenoxy) is 2. The minimum absolute atomic E-state index is 0.0967. The predicted octanol–water partition coefficient (Wildman–Crippen LogP) is 9.77. The molecule has 4 heteroatoms. The van der Waals surface area contributed by atoms with Gasteiger partial charge in [-0.3, -0.25) is 4.79 Å². The summed E-state index contributed by atoms with van der Waals surface area (Å²) in [5.41, 5.74) is 4.72. The molecule has 2 rings (SSSR count). The number of fused-ring (bicyclic) bond motifs is 1. The van der Waals surface area contributed by atoms with Gasteiger partial charge >= 0.3 is 5.97 Å². The number of carboxylic acids is 1. The summed E-state index contributed by atoms with van der Waals surface area (Å²) < 4.78 is 12.9. The second kappa shape index (κ2) is 15.8. The van der Waals surface area contributed by atoms with Crippen LogP contribution in [0.4, 0.5) is 0 Å². The molecule has 0 amide bonds. The van der Waals surface area contributed by atoms with Crippen LogP contribution in [0.1, 0.15) is 140 Å². The van der Waals surface area contributed by atoms with Crippen LogP contribution in [0.15, 0.2) is 0 Å². The van der Waals surface area contributed by atoms with Gasteiger partial charge in [0.2, 0.25) is 0 Å². The molecule has 1 aliphatic heterocycles. The average Bonchev–Trinajstić information content (AvgIpc) is 2.83. The second-order valence-electron chi connectivity index (χ2n) is 13.1. The maximum atomic E-state index is 10.8. The van der Waals surface area contributed by atoms with E-state index < -0.39 is 5.97 Å². The quantitative estimate of drug-likeness (QED) is 0.192. The van der Waals surface area contributed by atoms with Crippen LogP contribution in [0.2, 0.25) is 0 Å². The Bertz CT molecular complexity index is 874. The summed E-state index contributed by atoms with van der Waals surface area (Å²) in [4.78, 5) is 10.8. The Morgan fingerprint density at radius 2 is 1.47 bits per heavy atom. The molecule has 2 unspecified atom stereocenters. The standard InChI is InChI=1S/C34H58O4/c1-24(2)14-11-15-25(3)16-12-17-26(4)18-13-21-34(8)22-20-30-29(7)32(27(5)28(6)33(30)38-34)37-23-10-9-19-31(35)36/h24-26H,9-23H2,1-8H3,(H,35,36)/t25?,26?,34-/m1/s1. The Balaban J connectivity index is 1.82.